The number of ether oxygens (including phenoxy) is 1. The monoisotopic (exact) mass is 256 g/mol. The molecule has 0 aliphatic heterocycles. The minimum absolute atomic E-state index is 0.382. The number of hydrogen-bond donors (Lipinski definition) is 2. The van der Waals surface area contributed by atoms with E-state index in [2.05, 4.69) is 29.2 Å². The Kier molecular flexibility index (Phi) is 6.85. The van der Waals surface area contributed by atoms with Crippen molar-refractivity contribution in [3.63, 3.8) is 0 Å². The van der Waals surface area contributed by atoms with Crippen LogP contribution in [-0.2, 0) is 18.2 Å². The second-order valence-corrected chi connectivity index (χ2v) is 4.87. The van der Waals surface area contributed by atoms with Gasteiger partial charge in [0.25, 0.3) is 0 Å². The Morgan fingerprint density at radius 2 is 2.22 bits per heavy atom. The predicted molar refractivity (Wildman–Crippen MR) is 69.2 cm³/mol. The summed E-state index contributed by atoms with van der Waals surface area (Å²) in [7, 11) is 1.85. The van der Waals surface area contributed by atoms with Gasteiger partial charge >= 0.3 is 0 Å². The van der Waals surface area contributed by atoms with Crippen LogP contribution < -0.4 is 5.32 Å². The summed E-state index contributed by atoms with van der Waals surface area (Å²) in [5.41, 5.74) is 0. The summed E-state index contributed by atoms with van der Waals surface area (Å²) in [4.78, 5) is 4.13. The van der Waals surface area contributed by atoms with Crippen molar-refractivity contribution in [2.45, 2.75) is 26.4 Å². The molecule has 1 aromatic heterocycles. The predicted octanol–water partition coefficient (Wildman–Crippen LogP) is -0.0193. The molecule has 0 amide bonds. The number of aliphatic hydroxyl groups is 1. The van der Waals surface area contributed by atoms with Gasteiger partial charge in [0, 0.05) is 33.2 Å². The van der Waals surface area contributed by atoms with Gasteiger partial charge in [0.05, 0.1) is 12.7 Å². The van der Waals surface area contributed by atoms with E-state index in [-0.39, 0.29) is 0 Å². The zero-order valence-electron chi connectivity index (χ0n) is 11.5. The molecule has 6 heteroatoms. The smallest absolute Gasteiger partial charge is 0.151 e. The molecule has 0 radical (unpaired) electrons. The molecule has 1 unspecified atom stereocenters. The average Bonchev–Trinajstić information content (AvgIpc) is 2.70. The second-order valence-electron chi connectivity index (χ2n) is 4.87. The lowest BCUT2D eigenvalue weighted by atomic mass is 10.2. The van der Waals surface area contributed by atoms with Crippen LogP contribution >= 0.6 is 0 Å². The van der Waals surface area contributed by atoms with E-state index < -0.39 is 6.10 Å². The van der Waals surface area contributed by atoms with Crippen LogP contribution in [0.15, 0.2) is 6.33 Å². The normalized spacial score (nSPS) is 13.2. The fourth-order valence-electron chi connectivity index (χ4n) is 1.47. The van der Waals surface area contributed by atoms with Crippen LogP contribution in [0.5, 0.6) is 0 Å². The first-order chi connectivity index (χ1) is 8.58. The molecule has 18 heavy (non-hydrogen) atoms. The van der Waals surface area contributed by atoms with E-state index in [9.17, 15) is 5.11 Å². The number of aromatic nitrogens is 3. The number of nitrogens with zero attached hydrogens (tertiary/aromatic N) is 3. The lowest BCUT2D eigenvalue weighted by Gasteiger charge is -2.13. The van der Waals surface area contributed by atoms with Crippen molar-refractivity contribution in [1.29, 1.82) is 0 Å². The molecule has 1 rings (SSSR count). The Labute approximate surface area is 108 Å². The highest BCUT2D eigenvalue weighted by molar-refractivity contribution is 4.82. The Hall–Kier alpha value is -0.980. The van der Waals surface area contributed by atoms with Gasteiger partial charge in [-0.15, -0.1) is 0 Å². The highest BCUT2D eigenvalue weighted by Crippen LogP contribution is 1.94. The molecular formula is C12H24N4O2. The molecule has 0 aliphatic rings. The maximum Gasteiger partial charge on any atom is 0.151 e. The van der Waals surface area contributed by atoms with E-state index in [0.29, 0.717) is 25.7 Å². The Morgan fingerprint density at radius 1 is 1.44 bits per heavy atom. The summed E-state index contributed by atoms with van der Waals surface area (Å²) >= 11 is 0. The quantitative estimate of drug-likeness (QED) is 0.608. The molecule has 0 bridgehead atoms. The van der Waals surface area contributed by atoms with Crippen LogP contribution in [0.3, 0.4) is 0 Å². The molecule has 0 aliphatic carbocycles. The SMILES string of the molecule is CC(C)COCC(O)CNCCc1ncn(C)n1. The van der Waals surface area contributed by atoms with Gasteiger partial charge in [-0.3, -0.25) is 4.68 Å². The molecule has 104 valence electrons. The lowest BCUT2D eigenvalue weighted by molar-refractivity contribution is 0.0263. The zero-order valence-corrected chi connectivity index (χ0v) is 11.5. The maximum atomic E-state index is 9.64. The lowest BCUT2D eigenvalue weighted by Crippen LogP contribution is -2.32. The summed E-state index contributed by atoms with van der Waals surface area (Å²) < 4.78 is 7.04. The van der Waals surface area contributed by atoms with Gasteiger partial charge in [0.2, 0.25) is 0 Å². The van der Waals surface area contributed by atoms with Crippen molar-refractivity contribution in [2.75, 3.05) is 26.3 Å². The van der Waals surface area contributed by atoms with E-state index >= 15 is 0 Å². The molecule has 2 N–H and O–H groups in total. The number of nitrogens with one attached hydrogen (secondary N) is 1. The fraction of sp³-hybridized carbons (Fsp3) is 0.833. The van der Waals surface area contributed by atoms with Gasteiger partial charge in [0.15, 0.2) is 5.82 Å². The average molecular weight is 256 g/mol. The Bertz CT molecular complexity index is 328. The summed E-state index contributed by atoms with van der Waals surface area (Å²) in [6, 6.07) is 0. The third-order valence-corrected chi connectivity index (χ3v) is 2.31. The fourth-order valence-corrected chi connectivity index (χ4v) is 1.47. The van der Waals surface area contributed by atoms with Crippen LogP contribution in [0.25, 0.3) is 0 Å². The number of aryl methyl sites for hydroxylation is 1. The summed E-state index contributed by atoms with van der Waals surface area (Å²) in [5, 5.41) is 17.0. The Balaban J connectivity index is 2.00. The summed E-state index contributed by atoms with van der Waals surface area (Å²) in [6.07, 6.45) is 1.99. The second kappa shape index (κ2) is 8.18. The molecule has 0 saturated heterocycles. The topological polar surface area (TPSA) is 72.2 Å². The third kappa shape index (κ3) is 6.68. The number of aliphatic hydroxyl groups excluding tert-OH is 1. The molecule has 1 heterocycles. The Morgan fingerprint density at radius 3 is 2.83 bits per heavy atom. The standard InChI is InChI=1S/C12H24N4O2/c1-10(2)7-18-8-11(17)6-13-5-4-12-14-9-16(3)15-12/h9-11,13,17H,4-8H2,1-3H3. The van der Waals surface area contributed by atoms with Crippen molar-refractivity contribution in [2.24, 2.45) is 13.0 Å². The molecule has 0 aromatic carbocycles. The summed E-state index contributed by atoms with van der Waals surface area (Å²) in [5.74, 6) is 1.32. The van der Waals surface area contributed by atoms with Crippen LogP contribution in [0.1, 0.15) is 19.7 Å². The highest BCUT2D eigenvalue weighted by Gasteiger charge is 2.05. The van der Waals surface area contributed by atoms with Crippen molar-refractivity contribution < 1.29 is 9.84 Å². The van der Waals surface area contributed by atoms with Crippen molar-refractivity contribution in [3.8, 4) is 0 Å². The van der Waals surface area contributed by atoms with Gasteiger partial charge in [-0.1, -0.05) is 13.8 Å². The first-order valence-corrected chi connectivity index (χ1v) is 6.39. The molecule has 1 aromatic rings. The minimum atomic E-state index is -0.458. The van der Waals surface area contributed by atoms with Crippen molar-refractivity contribution in [3.05, 3.63) is 12.2 Å². The van der Waals surface area contributed by atoms with E-state index in [4.69, 9.17) is 4.74 Å². The van der Waals surface area contributed by atoms with Gasteiger partial charge in [0.1, 0.15) is 6.33 Å². The van der Waals surface area contributed by atoms with E-state index in [1.54, 1.807) is 11.0 Å². The molecule has 0 fully saturated rings. The minimum Gasteiger partial charge on any atom is -0.389 e. The van der Waals surface area contributed by atoms with E-state index in [1.165, 1.54) is 0 Å². The van der Waals surface area contributed by atoms with Crippen molar-refractivity contribution in [1.82, 2.24) is 20.1 Å². The number of hydrogen-bond acceptors (Lipinski definition) is 5. The molecular weight excluding hydrogens is 232 g/mol. The zero-order chi connectivity index (χ0) is 13.4. The molecule has 1 atom stereocenters. The number of rotatable bonds is 9. The van der Waals surface area contributed by atoms with Crippen LogP contribution in [-0.4, -0.2) is 52.3 Å². The van der Waals surface area contributed by atoms with Gasteiger partial charge in [-0.2, -0.15) is 5.10 Å². The van der Waals surface area contributed by atoms with E-state index in [1.807, 2.05) is 7.05 Å². The van der Waals surface area contributed by atoms with Gasteiger partial charge < -0.3 is 15.2 Å². The van der Waals surface area contributed by atoms with Crippen LogP contribution in [0, 0.1) is 5.92 Å². The molecule has 0 spiro atoms. The maximum absolute atomic E-state index is 9.64. The highest BCUT2D eigenvalue weighted by atomic mass is 16.5. The van der Waals surface area contributed by atoms with Crippen molar-refractivity contribution >= 4 is 0 Å². The van der Waals surface area contributed by atoms with Crippen LogP contribution in [0.4, 0.5) is 0 Å². The first-order valence-electron chi connectivity index (χ1n) is 6.39. The van der Waals surface area contributed by atoms with E-state index in [0.717, 1.165) is 18.8 Å². The van der Waals surface area contributed by atoms with Crippen LogP contribution in [0.2, 0.25) is 0 Å². The van der Waals surface area contributed by atoms with Gasteiger partial charge in [-0.05, 0) is 5.92 Å². The molecule has 0 saturated carbocycles. The van der Waals surface area contributed by atoms with Gasteiger partial charge in [-0.25, -0.2) is 4.98 Å². The summed E-state index contributed by atoms with van der Waals surface area (Å²) in [6.45, 7) is 6.53. The molecule has 6 nitrogen and oxygen atoms in total. The largest absolute Gasteiger partial charge is 0.389 e. The third-order valence-electron chi connectivity index (χ3n) is 2.31. The first kappa shape index (κ1) is 15.1.